The predicted octanol–water partition coefficient (Wildman–Crippen LogP) is 1.96. The van der Waals surface area contributed by atoms with Crippen LogP contribution in [0.3, 0.4) is 0 Å². The van der Waals surface area contributed by atoms with Crippen molar-refractivity contribution in [3.8, 4) is 0 Å². The summed E-state index contributed by atoms with van der Waals surface area (Å²) in [4.78, 5) is 7.83. The Kier molecular flexibility index (Phi) is 7.24. The monoisotopic (exact) mass is 369 g/mol. The van der Waals surface area contributed by atoms with Crippen LogP contribution in [0.15, 0.2) is 41.8 Å². The lowest BCUT2D eigenvalue weighted by atomic mass is 10.2. The Morgan fingerprint density at radius 2 is 1.96 bits per heavy atom. The van der Waals surface area contributed by atoms with Gasteiger partial charge in [0.2, 0.25) is 0 Å². The highest BCUT2D eigenvalue weighted by Gasteiger charge is 2.33. The summed E-state index contributed by atoms with van der Waals surface area (Å²) in [6.07, 6.45) is 1.38. The van der Waals surface area contributed by atoms with E-state index in [0.29, 0.717) is 19.0 Å². The first-order valence-electron chi connectivity index (χ1n) is 8.18. The predicted molar refractivity (Wildman–Crippen MR) is 93.9 cm³/mol. The molecule has 0 radical (unpaired) electrons. The Balaban J connectivity index is 1.68. The second kappa shape index (κ2) is 9.64. The lowest BCUT2D eigenvalue weighted by molar-refractivity contribution is -0.137. The molecule has 0 aliphatic heterocycles. The highest BCUT2D eigenvalue weighted by Crippen LogP contribution is 2.33. The molecule has 0 aliphatic rings. The highest BCUT2D eigenvalue weighted by molar-refractivity contribution is 5.79. The van der Waals surface area contributed by atoms with E-state index in [1.165, 1.54) is 12.3 Å². The zero-order chi connectivity index (χ0) is 18.8. The summed E-state index contributed by atoms with van der Waals surface area (Å²) in [5.74, 6) is 0.410. The zero-order valence-electron chi connectivity index (χ0n) is 14.4. The molecule has 2 aromatic heterocycles. The van der Waals surface area contributed by atoms with Crippen molar-refractivity contribution in [1.29, 1.82) is 0 Å². The Morgan fingerprint density at radius 1 is 1.15 bits per heavy atom. The van der Waals surface area contributed by atoms with Gasteiger partial charge in [-0.2, -0.15) is 18.3 Å². The van der Waals surface area contributed by atoms with Crippen LogP contribution in [-0.2, 0) is 12.7 Å². The number of nitrogens with zero attached hydrogens (tertiary/aromatic N) is 4. The summed E-state index contributed by atoms with van der Waals surface area (Å²) < 4.78 is 40.5. The molecule has 26 heavy (non-hydrogen) atoms. The lowest BCUT2D eigenvalue weighted by Crippen LogP contribution is -2.40. The maximum atomic E-state index is 12.9. The lowest BCUT2D eigenvalue weighted by Gasteiger charge is -2.15. The van der Waals surface area contributed by atoms with Gasteiger partial charge >= 0.3 is 6.18 Å². The molecule has 0 aliphatic carbocycles. The van der Waals surface area contributed by atoms with Gasteiger partial charge in [0.1, 0.15) is 5.82 Å². The van der Waals surface area contributed by atoms with E-state index in [9.17, 15) is 13.2 Å². The number of rotatable bonds is 8. The first-order chi connectivity index (χ1) is 12.5. The fraction of sp³-hybridized carbons (Fsp3) is 0.438. The van der Waals surface area contributed by atoms with Gasteiger partial charge in [-0.1, -0.05) is 0 Å². The molecular formula is C16H22F3N7. The second-order valence-corrected chi connectivity index (χ2v) is 5.37. The minimum atomic E-state index is -4.43. The molecule has 0 aromatic carbocycles. The van der Waals surface area contributed by atoms with E-state index in [0.717, 1.165) is 19.0 Å². The molecular weight excluding hydrogens is 347 g/mol. The van der Waals surface area contributed by atoms with E-state index >= 15 is 0 Å². The third-order valence-electron chi connectivity index (χ3n) is 3.46. The van der Waals surface area contributed by atoms with Crippen molar-refractivity contribution < 1.29 is 13.2 Å². The van der Waals surface area contributed by atoms with Gasteiger partial charge in [0.05, 0.1) is 5.56 Å². The van der Waals surface area contributed by atoms with Crippen LogP contribution in [0.5, 0.6) is 0 Å². The molecule has 10 heteroatoms. The number of alkyl halides is 3. The fourth-order valence-electron chi connectivity index (χ4n) is 2.24. The molecule has 7 nitrogen and oxygen atoms in total. The van der Waals surface area contributed by atoms with Crippen molar-refractivity contribution in [2.24, 2.45) is 4.99 Å². The van der Waals surface area contributed by atoms with Gasteiger partial charge in [-0.05, 0) is 24.6 Å². The minimum Gasteiger partial charge on any atom is -0.368 e. The number of aliphatic imine (C=N–C) groups is 1. The van der Waals surface area contributed by atoms with Crippen LogP contribution in [-0.4, -0.2) is 47.4 Å². The molecule has 0 spiro atoms. The molecule has 0 saturated heterocycles. The summed E-state index contributed by atoms with van der Waals surface area (Å²) in [6, 6.07) is 4.14. The molecule has 0 fully saturated rings. The Morgan fingerprint density at radius 3 is 2.65 bits per heavy atom. The van der Waals surface area contributed by atoms with Gasteiger partial charge < -0.3 is 16.0 Å². The van der Waals surface area contributed by atoms with Crippen LogP contribution < -0.4 is 16.0 Å². The first-order valence-corrected chi connectivity index (χ1v) is 8.18. The molecule has 3 N–H and O–H groups in total. The van der Waals surface area contributed by atoms with Gasteiger partial charge in [0.25, 0.3) is 0 Å². The van der Waals surface area contributed by atoms with Gasteiger partial charge in [-0.15, -0.1) is 0 Å². The third kappa shape index (κ3) is 6.26. The van der Waals surface area contributed by atoms with Crippen LogP contribution in [0.2, 0.25) is 0 Å². The molecule has 142 valence electrons. The third-order valence-corrected chi connectivity index (χ3v) is 3.46. The van der Waals surface area contributed by atoms with E-state index < -0.39 is 11.7 Å². The highest BCUT2D eigenvalue weighted by atomic mass is 19.4. The quantitative estimate of drug-likeness (QED) is 0.377. The summed E-state index contributed by atoms with van der Waals surface area (Å²) in [6.45, 7) is 2.16. The molecule has 2 aromatic rings. The van der Waals surface area contributed by atoms with Gasteiger partial charge in [0.15, 0.2) is 5.96 Å². The number of hydrogen-bond donors (Lipinski definition) is 3. The molecule has 0 saturated carbocycles. The smallest absolute Gasteiger partial charge is 0.368 e. The van der Waals surface area contributed by atoms with Crippen LogP contribution in [0, 0.1) is 0 Å². The van der Waals surface area contributed by atoms with E-state index in [2.05, 4.69) is 31.0 Å². The molecule has 0 bridgehead atoms. The Hall–Kier alpha value is -2.78. The molecule has 2 heterocycles. The van der Waals surface area contributed by atoms with Crippen molar-refractivity contribution in [1.82, 2.24) is 25.4 Å². The number of nitrogens with one attached hydrogen (secondary N) is 3. The Bertz CT molecular complexity index is 683. The summed E-state index contributed by atoms with van der Waals surface area (Å²) in [5.41, 5.74) is -0.777. The van der Waals surface area contributed by atoms with Crippen LogP contribution in [0.25, 0.3) is 0 Å². The zero-order valence-corrected chi connectivity index (χ0v) is 14.4. The largest absolute Gasteiger partial charge is 0.419 e. The maximum absolute atomic E-state index is 12.9. The van der Waals surface area contributed by atoms with Crippen molar-refractivity contribution in [2.45, 2.75) is 19.1 Å². The van der Waals surface area contributed by atoms with Crippen molar-refractivity contribution in [2.75, 3.05) is 32.0 Å². The number of halogens is 3. The van der Waals surface area contributed by atoms with E-state index in [4.69, 9.17) is 0 Å². The number of anilines is 1. The standard InChI is InChI=1S/C16H22F3N7/c1-20-15(23-7-3-11-26-12-4-8-25-26)24-10-9-22-14-13(16(17,18)19)5-2-6-21-14/h2,4-6,8,12H,3,7,9-11H2,1H3,(H,21,22)(H2,20,23,24). The molecule has 0 amide bonds. The topological polar surface area (TPSA) is 79.2 Å². The van der Waals surface area contributed by atoms with Crippen molar-refractivity contribution in [3.05, 3.63) is 42.4 Å². The SMILES string of the molecule is CN=C(NCCCn1cccn1)NCCNc1ncccc1C(F)(F)F. The second-order valence-electron chi connectivity index (χ2n) is 5.37. The fourth-order valence-corrected chi connectivity index (χ4v) is 2.24. The van der Waals surface area contributed by atoms with Crippen LogP contribution in [0.4, 0.5) is 19.0 Å². The number of pyridine rings is 1. The van der Waals surface area contributed by atoms with E-state index in [1.807, 2.05) is 16.9 Å². The number of aryl methyl sites for hydroxylation is 1. The normalized spacial score (nSPS) is 12.1. The average Bonchev–Trinajstić information content (AvgIpc) is 3.13. The molecule has 0 atom stereocenters. The van der Waals surface area contributed by atoms with Gasteiger partial charge in [-0.3, -0.25) is 9.67 Å². The van der Waals surface area contributed by atoms with Crippen molar-refractivity contribution in [3.63, 3.8) is 0 Å². The van der Waals surface area contributed by atoms with Crippen LogP contribution in [0.1, 0.15) is 12.0 Å². The number of hydrogen-bond acceptors (Lipinski definition) is 4. The van der Waals surface area contributed by atoms with Gasteiger partial charge in [0, 0.05) is 51.8 Å². The van der Waals surface area contributed by atoms with Gasteiger partial charge in [-0.25, -0.2) is 4.98 Å². The number of guanidine groups is 1. The van der Waals surface area contributed by atoms with E-state index in [1.54, 1.807) is 13.2 Å². The van der Waals surface area contributed by atoms with E-state index in [-0.39, 0.29) is 12.4 Å². The maximum Gasteiger partial charge on any atom is 0.419 e. The van der Waals surface area contributed by atoms with Crippen LogP contribution >= 0.6 is 0 Å². The average molecular weight is 369 g/mol. The molecule has 2 rings (SSSR count). The number of aromatic nitrogens is 3. The Labute approximate surface area is 149 Å². The first kappa shape index (κ1) is 19.5. The summed E-state index contributed by atoms with van der Waals surface area (Å²) in [5, 5.41) is 13.0. The van der Waals surface area contributed by atoms with Crippen molar-refractivity contribution >= 4 is 11.8 Å². The summed E-state index contributed by atoms with van der Waals surface area (Å²) in [7, 11) is 1.64. The minimum absolute atomic E-state index is 0.177. The summed E-state index contributed by atoms with van der Waals surface area (Å²) >= 11 is 0. The molecule has 0 unspecified atom stereocenters.